The normalized spacial score (nSPS) is 25.3. The van der Waals surface area contributed by atoms with Crippen molar-refractivity contribution in [3.05, 3.63) is 102 Å². The van der Waals surface area contributed by atoms with Crippen LogP contribution < -0.4 is 21.3 Å². The van der Waals surface area contributed by atoms with Crippen LogP contribution in [0.25, 0.3) is 22.3 Å². The molecule has 0 saturated heterocycles. The number of benzene rings is 2. The first-order valence-corrected chi connectivity index (χ1v) is 33.9. The van der Waals surface area contributed by atoms with Gasteiger partial charge in [-0.1, -0.05) is 26.8 Å². The number of esters is 2. The summed E-state index contributed by atoms with van der Waals surface area (Å²) in [7, 11) is -7.66. The Bertz CT molecular complexity index is 3850. The fourth-order valence-electron chi connectivity index (χ4n) is 12.8. The zero-order valence-electron chi connectivity index (χ0n) is 51.8. The Morgan fingerprint density at radius 2 is 1.39 bits per heavy atom. The minimum absolute atomic E-state index is 0.0355. The highest BCUT2D eigenvalue weighted by Crippen LogP contribution is 2.71. The Morgan fingerprint density at radius 1 is 0.804 bits per heavy atom. The van der Waals surface area contributed by atoms with E-state index in [-0.39, 0.29) is 58.0 Å². The number of sulfone groups is 2. The molecular weight excluding hydrogens is 1270 g/mol. The van der Waals surface area contributed by atoms with Crippen molar-refractivity contribution in [2.24, 2.45) is 28.6 Å². The molecule has 0 unspecified atom stereocenters. The molecule has 0 spiro atoms. The maximum atomic E-state index is 17.9. The van der Waals surface area contributed by atoms with Gasteiger partial charge in [0.2, 0.25) is 52.8 Å². The quantitative estimate of drug-likeness (QED) is 0.0360. The predicted octanol–water partition coefficient (Wildman–Crippen LogP) is 6.45. The molecule has 92 heavy (non-hydrogen) atoms. The standard InChI is InChI=1S/C62H70F4N8O15S3/c1-31(2)49(74-52(80)45(13-14-48(77)88-58(4,5)6)72-51(79)36-20-34(37-26-67-56(68-27-37)91(9,84)85)19-35(21-36)38-28-69-57(70-29-38)92(10,86)87)53(81)71-32(3)50(78)73-46-22-33(11-12-43(46)64)54(82)89-61(55(83)90-30-63)18-16-40-41-24-44(65)42-23-39(75)15-17-59(42,7)62(41,66)47(76)25-60(40,61)8/h11-12,15,17,19-23,26-29,31-32,40-41,44-45,47,49,76H,13-14,16,18,24-25,30H2,1-10H3,(H,71,81)(H,72,79)(H,73,78)(H,74,80)/t32-,40-,41-,44-,45-,47-,49-,59-,60-,61-,62-/m0/s1. The van der Waals surface area contributed by atoms with E-state index in [9.17, 15) is 64.7 Å². The predicted molar refractivity (Wildman–Crippen MR) is 326 cm³/mol. The first-order chi connectivity index (χ1) is 42.8. The molecule has 4 amide bonds. The van der Waals surface area contributed by atoms with Crippen LogP contribution in [0.4, 0.5) is 23.2 Å². The highest BCUT2D eigenvalue weighted by molar-refractivity contribution is 8.13. The molecule has 30 heteroatoms. The molecule has 2 heterocycles. The molecule has 0 aliphatic heterocycles. The number of hydrogen-bond acceptors (Lipinski definition) is 20. The van der Waals surface area contributed by atoms with Crippen molar-refractivity contribution in [3.8, 4) is 22.3 Å². The van der Waals surface area contributed by atoms with E-state index in [4.69, 9.17) is 9.47 Å². The number of allylic oxidation sites excluding steroid dienone is 4. The van der Waals surface area contributed by atoms with Gasteiger partial charge in [-0.2, -0.15) is 0 Å². The molecule has 8 rings (SSSR count). The van der Waals surface area contributed by atoms with Gasteiger partial charge in [0.25, 0.3) is 5.91 Å². The number of aromatic nitrogens is 4. The maximum absolute atomic E-state index is 17.9. The number of halogens is 4. The third-order valence-corrected chi connectivity index (χ3v) is 19.9. The van der Waals surface area contributed by atoms with Crippen LogP contribution in [0.5, 0.6) is 0 Å². The number of aliphatic hydroxyl groups is 1. The van der Waals surface area contributed by atoms with Crippen LogP contribution in [-0.2, 0) is 57.9 Å². The molecule has 11 atom stereocenters. The zero-order valence-corrected chi connectivity index (χ0v) is 54.2. The number of hydrogen-bond donors (Lipinski definition) is 5. The number of rotatable bonds is 20. The van der Waals surface area contributed by atoms with Crippen LogP contribution in [0.3, 0.4) is 0 Å². The van der Waals surface area contributed by atoms with Crippen LogP contribution >= 0.6 is 11.8 Å². The van der Waals surface area contributed by atoms with E-state index in [2.05, 4.69) is 41.2 Å². The van der Waals surface area contributed by atoms with Gasteiger partial charge >= 0.3 is 11.9 Å². The molecule has 4 aliphatic carbocycles. The van der Waals surface area contributed by atoms with Crippen LogP contribution in [0.15, 0.2) is 95.3 Å². The average molecular weight is 1340 g/mol. The van der Waals surface area contributed by atoms with Crippen LogP contribution in [0.2, 0.25) is 0 Å². The molecule has 494 valence electrons. The summed E-state index contributed by atoms with van der Waals surface area (Å²) in [6.45, 7) is 12.0. The summed E-state index contributed by atoms with van der Waals surface area (Å²) in [5, 5.41) is 19.8. The molecule has 2 aromatic carbocycles. The summed E-state index contributed by atoms with van der Waals surface area (Å²) in [5.41, 5.74) is -9.62. The Balaban J connectivity index is 0.996. The molecule has 5 N–H and O–H groups in total. The van der Waals surface area contributed by atoms with Gasteiger partial charge in [-0.05, 0) is 156 Å². The van der Waals surface area contributed by atoms with Crippen molar-refractivity contribution in [2.45, 2.75) is 151 Å². The van der Waals surface area contributed by atoms with Gasteiger partial charge in [0.05, 0.1) is 17.4 Å². The number of fused-ring (bicyclic) bond motifs is 5. The van der Waals surface area contributed by atoms with Crippen molar-refractivity contribution in [1.29, 1.82) is 0 Å². The number of anilines is 1. The fraction of sp³-hybridized carbons (Fsp3) is 0.484. The second kappa shape index (κ2) is 26.3. The molecule has 4 aromatic rings. The monoisotopic (exact) mass is 1340 g/mol. The lowest BCUT2D eigenvalue weighted by atomic mass is 9.44. The number of alkyl halides is 3. The van der Waals surface area contributed by atoms with Gasteiger partial charge in [-0.15, -0.1) is 0 Å². The molecule has 2 aromatic heterocycles. The third-order valence-electron chi connectivity index (χ3n) is 17.5. The SMILES string of the molecule is CC(C)[C@H](NC(=O)[C@H](CCC(=O)OC(C)(C)C)NC(=O)c1cc(-c2cnc(S(C)(=O)=O)nc2)cc(-c2cnc(S(C)(=O)=O)nc2)c1)C(=O)N[C@@H](C)C(=O)Nc1cc(C(=O)O[C@]2(C(=O)SCF)CC[C@H]3[C@@H]4C[C@H](F)C5=CC(=O)C=C[C@]5(C)[C@@]4(F)[C@@H](O)C[C@@]32C)ccc1F. The van der Waals surface area contributed by atoms with E-state index >= 15 is 13.2 Å². The minimum atomic E-state index is -3.83. The zero-order chi connectivity index (χ0) is 68.0. The van der Waals surface area contributed by atoms with Gasteiger partial charge < -0.3 is 35.8 Å². The number of ether oxygens (including phenoxy) is 2. The van der Waals surface area contributed by atoms with Crippen LogP contribution in [-0.4, -0.2) is 154 Å². The summed E-state index contributed by atoms with van der Waals surface area (Å²) in [6, 6.07) is 1.03. The largest absolute Gasteiger partial charge is 0.460 e. The lowest BCUT2D eigenvalue weighted by molar-refractivity contribution is -0.219. The molecule has 0 bridgehead atoms. The van der Waals surface area contributed by atoms with Crippen molar-refractivity contribution >= 4 is 83.6 Å². The first kappa shape index (κ1) is 70.0. The number of carbonyl (C=O) groups is 8. The number of nitrogens with one attached hydrogen (secondary N) is 4. The average Bonchev–Trinajstić information content (AvgIpc) is 1.29. The number of thioether (sulfide) groups is 1. The highest BCUT2D eigenvalue weighted by Gasteiger charge is 2.76. The lowest BCUT2D eigenvalue weighted by Gasteiger charge is -2.63. The van der Waals surface area contributed by atoms with Gasteiger partial charge in [-0.25, -0.2) is 59.1 Å². The van der Waals surface area contributed by atoms with E-state index in [1.807, 2.05) is 0 Å². The maximum Gasteiger partial charge on any atom is 0.339 e. The highest BCUT2D eigenvalue weighted by atomic mass is 32.2. The second-order valence-corrected chi connectivity index (χ2v) is 30.0. The summed E-state index contributed by atoms with van der Waals surface area (Å²) in [6.07, 6.45) is 4.00. The lowest BCUT2D eigenvalue weighted by Crippen LogP contribution is -2.70. The van der Waals surface area contributed by atoms with Crippen LogP contribution in [0.1, 0.15) is 115 Å². The third kappa shape index (κ3) is 14.1. The smallest absolute Gasteiger partial charge is 0.339 e. The number of carbonyl (C=O) groups excluding carboxylic acids is 8. The van der Waals surface area contributed by atoms with Gasteiger partial charge in [0.15, 0.2) is 17.1 Å². The summed E-state index contributed by atoms with van der Waals surface area (Å²) in [4.78, 5) is 126. The van der Waals surface area contributed by atoms with Gasteiger partial charge in [0, 0.05) is 77.2 Å². The van der Waals surface area contributed by atoms with Crippen molar-refractivity contribution < 1.29 is 87.3 Å². The fourth-order valence-corrected chi connectivity index (χ4v) is 14.5. The number of nitrogens with zero attached hydrogens (tertiary/aromatic N) is 4. The first-order valence-electron chi connectivity index (χ1n) is 29.1. The molecule has 3 saturated carbocycles. The van der Waals surface area contributed by atoms with Crippen molar-refractivity contribution in [2.75, 3.05) is 23.8 Å². The van der Waals surface area contributed by atoms with Crippen molar-refractivity contribution in [1.82, 2.24) is 35.9 Å². The van der Waals surface area contributed by atoms with Crippen molar-refractivity contribution in [3.63, 3.8) is 0 Å². The van der Waals surface area contributed by atoms with Crippen LogP contribution in [0, 0.1) is 34.4 Å². The Morgan fingerprint density at radius 3 is 1.93 bits per heavy atom. The molecule has 3 fully saturated rings. The number of ketones is 1. The van der Waals surface area contributed by atoms with Gasteiger partial charge in [-0.3, -0.25) is 33.6 Å². The molecule has 23 nitrogen and oxygen atoms in total. The summed E-state index contributed by atoms with van der Waals surface area (Å²) < 4.78 is 124. The van der Waals surface area contributed by atoms with Gasteiger partial charge in [0.1, 0.15) is 41.7 Å². The number of aliphatic hydroxyl groups excluding tert-OH is 1. The van der Waals surface area contributed by atoms with E-state index in [1.54, 1.807) is 34.6 Å². The summed E-state index contributed by atoms with van der Waals surface area (Å²) in [5.74, 6) is -10.5. The minimum Gasteiger partial charge on any atom is -0.460 e. The Labute approximate surface area is 532 Å². The molecule has 0 radical (unpaired) electrons. The molecular formula is C62H70F4N8O15S3. The van der Waals surface area contributed by atoms with E-state index in [1.165, 1.54) is 69.8 Å². The summed E-state index contributed by atoms with van der Waals surface area (Å²) >= 11 is 0.174. The van der Waals surface area contributed by atoms with E-state index < -0.39 is 201 Å². The number of amides is 4. The Hall–Kier alpha value is -7.83. The van der Waals surface area contributed by atoms with E-state index in [0.29, 0.717) is 0 Å². The topological polar surface area (TPSA) is 343 Å². The van der Waals surface area contributed by atoms with E-state index in [0.717, 1.165) is 42.9 Å². The second-order valence-electron chi connectivity index (χ2n) is 25.3. The molecule has 4 aliphatic rings. The Kier molecular flexibility index (Phi) is 20.0.